The summed E-state index contributed by atoms with van der Waals surface area (Å²) in [7, 11) is 0. The molecule has 0 radical (unpaired) electrons. The highest BCUT2D eigenvalue weighted by Crippen LogP contribution is 2.27. The molecule has 21 heavy (non-hydrogen) atoms. The smallest absolute Gasteiger partial charge is 0.377 e. The molecular weight excluding hydrogens is 313 g/mol. The number of aliphatic carboxylic acids is 1. The molecule has 0 fully saturated rings. The highest BCUT2D eigenvalue weighted by atomic mass is 35.5. The zero-order valence-corrected chi connectivity index (χ0v) is 12.1. The number of pyridine rings is 1. The average molecular weight is 322 g/mol. The van der Waals surface area contributed by atoms with Crippen LogP contribution in [0.1, 0.15) is 11.1 Å². The van der Waals surface area contributed by atoms with Crippen molar-refractivity contribution in [3.8, 4) is 0 Å². The van der Waals surface area contributed by atoms with E-state index in [4.69, 9.17) is 28.3 Å². The van der Waals surface area contributed by atoms with Gasteiger partial charge in [0, 0.05) is 18.0 Å². The molecule has 0 aliphatic rings. The van der Waals surface area contributed by atoms with Crippen LogP contribution in [0.2, 0.25) is 10.0 Å². The quantitative estimate of drug-likeness (QED) is 0.690. The van der Waals surface area contributed by atoms with Gasteiger partial charge in [-0.1, -0.05) is 29.3 Å². The van der Waals surface area contributed by atoms with Gasteiger partial charge in [-0.3, -0.25) is 9.78 Å². The molecule has 4 nitrogen and oxygen atoms in total. The van der Waals surface area contributed by atoms with Gasteiger partial charge in [0.25, 0.3) is 5.78 Å². The van der Waals surface area contributed by atoms with E-state index in [1.54, 1.807) is 30.6 Å². The van der Waals surface area contributed by atoms with Crippen LogP contribution in [0.3, 0.4) is 0 Å². The second kappa shape index (κ2) is 6.52. The van der Waals surface area contributed by atoms with Crippen LogP contribution < -0.4 is 0 Å². The molecule has 0 saturated heterocycles. The Hall–Kier alpha value is -2.17. The number of halogens is 2. The highest BCUT2D eigenvalue weighted by Gasteiger charge is 2.20. The van der Waals surface area contributed by atoms with Gasteiger partial charge in [-0.2, -0.15) is 0 Å². The van der Waals surface area contributed by atoms with E-state index >= 15 is 0 Å². The number of rotatable bonds is 4. The minimum absolute atomic E-state index is 0.0206. The first-order valence-electron chi connectivity index (χ1n) is 5.84. The third-order valence-electron chi connectivity index (χ3n) is 2.69. The first kappa shape index (κ1) is 15.2. The third kappa shape index (κ3) is 3.68. The first-order valence-corrected chi connectivity index (χ1v) is 6.59. The van der Waals surface area contributed by atoms with Crippen molar-refractivity contribution in [2.24, 2.45) is 0 Å². The third-order valence-corrected chi connectivity index (χ3v) is 3.43. The number of Topliss-reactive ketones (excluding diaryl/α,β-unsaturated/α-hetero) is 1. The minimum atomic E-state index is -1.54. The van der Waals surface area contributed by atoms with E-state index in [1.807, 2.05) is 0 Å². The van der Waals surface area contributed by atoms with Crippen molar-refractivity contribution in [2.75, 3.05) is 0 Å². The molecule has 0 saturated carbocycles. The normalized spacial score (nSPS) is 11.2. The van der Waals surface area contributed by atoms with Crippen molar-refractivity contribution < 1.29 is 14.7 Å². The first-order chi connectivity index (χ1) is 9.99. The van der Waals surface area contributed by atoms with Crippen LogP contribution in [0.4, 0.5) is 0 Å². The Labute approximate surface area is 130 Å². The van der Waals surface area contributed by atoms with Crippen LogP contribution in [0.25, 0.3) is 11.6 Å². The highest BCUT2D eigenvalue weighted by molar-refractivity contribution is 6.53. The molecule has 0 unspecified atom stereocenters. The molecule has 2 rings (SSSR count). The second-order valence-electron chi connectivity index (χ2n) is 4.10. The molecule has 2 aromatic rings. The summed E-state index contributed by atoms with van der Waals surface area (Å²) in [5.74, 6) is -2.56. The molecular formula is C15H9Cl2NO3. The molecule has 1 N–H and O–H groups in total. The van der Waals surface area contributed by atoms with E-state index in [0.717, 1.165) is 0 Å². The lowest BCUT2D eigenvalue weighted by atomic mass is 9.99. The fourth-order valence-electron chi connectivity index (χ4n) is 1.69. The van der Waals surface area contributed by atoms with E-state index in [0.29, 0.717) is 16.1 Å². The lowest BCUT2D eigenvalue weighted by Gasteiger charge is -2.06. The van der Waals surface area contributed by atoms with Crippen molar-refractivity contribution in [2.45, 2.75) is 0 Å². The Morgan fingerprint density at radius 1 is 1.05 bits per heavy atom. The van der Waals surface area contributed by atoms with E-state index in [2.05, 4.69) is 4.98 Å². The monoisotopic (exact) mass is 321 g/mol. The molecule has 0 aliphatic carbocycles. The maximum Gasteiger partial charge on any atom is 0.377 e. The van der Waals surface area contributed by atoms with Crippen LogP contribution in [-0.2, 0) is 9.59 Å². The van der Waals surface area contributed by atoms with Gasteiger partial charge in [-0.25, -0.2) is 4.79 Å². The summed E-state index contributed by atoms with van der Waals surface area (Å²) >= 11 is 11.7. The summed E-state index contributed by atoms with van der Waals surface area (Å²) in [4.78, 5) is 26.7. The molecule has 1 heterocycles. The van der Waals surface area contributed by atoms with Crippen molar-refractivity contribution in [3.05, 3.63) is 63.9 Å². The van der Waals surface area contributed by atoms with Crippen LogP contribution in [0, 0.1) is 0 Å². The zero-order valence-electron chi connectivity index (χ0n) is 10.6. The summed E-state index contributed by atoms with van der Waals surface area (Å²) < 4.78 is 0. The summed E-state index contributed by atoms with van der Waals surface area (Å²) in [6, 6.07) is 7.83. The lowest BCUT2D eigenvalue weighted by Crippen LogP contribution is -2.14. The number of carbonyl (C=O) groups excluding carboxylic acids is 1. The Bertz CT molecular complexity index is 727. The maximum atomic E-state index is 11.9. The van der Waals surface area contributed by atoms with Crippen molar-refractivity contribution >= 4 is 46.6 Å². The molecule has 0 spiro atoms. The Morgan fingerprint density at radius 2 is 1.71 bits per heavy atom. The summed E-state index contributed by atoms with van der Waals surface area (Å²) in [5.41, 5.74) is 1.06. The second-order valence-corrected chi connectivity index (χ2v) is 4.92. The summed E-state index contributed by atoms with van der Waals surface area (Å²) in [6.07, 6.45) is 4.56. The van der Waals surface area contributed by atoms with Gasteiger partial charge in [0.1, 0.15) is 0 Å². The van der Waals surface area contributed by atoms with Gasteiger partial charge in [0.15, 0.2) is 0 Å². The van der Waals surface area contributed by atoms with E-state index in [-0.39, 0.29) is 10.6 Å². The number of carbonyl (C=O) groups is 2. The van der Waals surface area contributed by atoms with Crippen molar-refractivity contribution in [1.29, 1.82) is 0 Å². The molecule has 0 atom stereocenters. The Kier molecular flexibility index (Phi) is 4.73. The SMILES string of the molecule is O=C(O)C(=O)/C(=C\c1ccncc1)c1ccc(Cl)c(Cl)c1. The fraction of sp³-hybridized carbons (Fsp3) is 0. The number of nitrogens with zero attached hydrogens (tertiary/aromatic N) is 1. The number of aromatic nitrogens is 1. The van der Waals surface area contributed by atoms with Gasteiger partial charge in [-0.05, 0) is 41.5 Å². The minimum Gasteiger partial charge on any atom is -0.475 e. The maximum absolute atomic E-state index is 11.9. The molecule has 6 heteroatoms. The molecule has 1 aromatic carbocycles. The van der Waals surface area contributed by atoms with Gasteiger partial charge in [0.2, 0.25) is 0 Å². The average Bonchev–Trinajstić information content (AvgIpc) is 2.48. The Morgan fingerprint density at radius 3 is 2.29 bits per heavy atom. The van der Waals surface area contributed by atoms with Gasteiger partial charge < -0.3 is 5.11 Å². The number of hydrogen-bond donors (Lipinski definition) is 1. The molecule has 1 aromatic heterocycles. The molecule has 106 valence electrons. The lowest BCUT2D eigenvalue weighted by molar-refractivity contribution is -0.146. The molecule has 0 bridgehead atoms. The standard InChI is InChI=1S/C15H9Cl2NO3/c16-12-2-1-10(8-13(12)17)11(14(19)15(20)21)7-9-3-5-18-6-4-9/h1-8H,(H,20,21)/b11-7-. The van der Waals surface area contributed by atoms with Crippen LogP contribution in [0.5, 0.6) is 0 Å². The fourth-order valence-corrected chi connectivity index (χ4v) is 1.98. The van der Waals surface area contributed by atoms with Crippen LogP contribution >= 0.6 is 23.2 Å². The molecule has 0 aliphatic heterocycles. The van der Waals surface area contributed by atoms with E-state index in [9.17, 15) is 9.59 Å². The van der Waals surface area contributed by atoms with Crippen molar-refractivity contribution in [3.63, 3.8) is 0 Å². The number of benzene rings is 1. The van der Waals surface area contributed by atoms with E-state index in [1.165, 1.54) is 18.2 Å². The number of carboxylic acid groups (broad SMARTS) is 1. The summed E-state index contributed by atoms with van der Waals surface area (Å²) in [6.45, 7) is 0. The van der Waals surface area contributed by atoms with E-state index < -0.39 is 11.8 Å². The number of hydrogen-bond acceptors (Lipinski definition) is 3. The zero-order chi connectivity index (χ0) is 15.4. The predicted molar refractivity (Wildman–Crippen MR) is 81.2 cm³/mol. The molecule has 0 amide bonds. The predicted octanol–water partition coefficient (Wildman–Crippen LogP) is 3.58. The Balaban J connectivity index is 2.56. The topological polar surface area (TPSA) is 67.3 Å². The van der Waals surface area contributed by atoms with Gasteiger partial charge >= 0.3 is 5.97 Å². The van der Waals surface area contributed by atoms with Gasteiger partial charge in [0.05, 0.1) is 10.0 Å². The largest absolute Gasteiger partial charge is 0.475 e. The summed E-state index contributed by atoms with van der Waals surface area (Å²) in [5, 5.41) is 9.52. The van der Waals surface area contributed by atoms with Gasteiger partial charge in [-0.15, -0.1) is 0 Å². The van der Waals surface area contributed by atoms with Crippen molar-refractivity contribution in [1.82, 2.24) is 4.98 Å². The van der Waals surface area contributed by atoms with Crippen LogP contribution in [-0.4, -0.2) is 21.8 Å². The van der Waals surface area contributed by atoms with Crippen LogP contribution in [0.15, 0.2) is 42.7 Å². The number of ketones is 1. The number of carboxylic acids is 1.